The van der Waals surface area contributed by atoms with E-state index in [1.165, 1.54) is 11.1 Å². The molecule has 1 aliphatic rings. The number of rotatable bonds is 10. The molecule has 0 aliphatic heterocycles. The van der Waals surface area contributed by atoms with E-state index in [4.69, 9.17) is 0 Å². The molecule has 2 atom stereocenters. The summed E-state index contributed by atoms with van der Waals surface area (Å²) in [7, 11) is -4.32. The molecule has 0 unspecified atom stereocenters. The van der Waals surface area contributed by atoms with E-state index in [-0.39, 0.29) is 23.9 Å². The van der Waals surface area contributed by atoms with E-state index in [1.807, 2.05) is 6.07 Å². The minimum absolute atomic E-state index is 0.0110. The van der Waals surface area contributed by atoms with Crippen molar-refractivity contribution in [2.45, 2.75) is 81.9 Å². The smallest absolute Gasteiger partial charge is 0.406 e. The monoisotopic (exact) mass is 603 g/mol. The summed E-state index contributed by atoms with van der Waals surface area (Å²) in [5, 5.41) is 6.56. The minimum atomic E-state index is -4.97. The van der Waals surface area contributed by atoms with Gasteiger partial charge in [0.2, 0.25) is 15.9 Å². The molecule has 42 heavy (non-hydrogen) atoms. The van der Waals surface area contributed by atoms with Gasteiger partial charge in [0, 0.05) is 24.6 Å². The molecule has 3 aromatic rings. The Morgan fingerprint density at radius 3 is 2.43 bits per heavy atom. The Balaban J connectivity index is 1.50. The van der Waals surface area contributed by atoms with Gasteiger partial charge in [-0.25, -0.2) is 13.1 Å². The standard InChI is InChI=1S/C31H36F3N3O4S/c1-30(2,3)35-20-21-15-16-26-23(17-21)11-7-14-27(26)36-29(38)19-28(22-9-5-4-6-10-22)37-42(39,40)25-13-8-12-24(18-25)41-31(32,33)34/h4-6,8-10,12-13,15-18,27-28,35,37H,7,11,14,19-20H2,1-3H3,(H,36,38)/t27-,28-/m1/s1. The second-order valence-electron chi connectivity index (χ2n) is 11.5. The number of hydrogen-bond acceptors (Lipinski definition) is 5. The van der Waals surface area contributed by atoms with Gasteiger partial charge in [0.05, 0.1) is 17.0 Å². The van der Waals surface area contributed by atoms with Crippen LogP contribution in [0, 0.1) is 0 Å². The third kappa shape index (κ3) is 9.04. The Morgan fingerprint density at radius 2 is 1.74 bits per heavy atom. The molecule has 0 radical (unpaired) electrons. The average Bonchev–Trinajstić information content (AvgIpc) is 2.91. The van der Waals surface area contributed by atoms with Crippen molar-refractivity contribution in [3.63, 3.8) is 0 Å². The van der Waals surface area contributed by atoms with Gasteiger partial charge in [0.1, 0.15) is 5.75 Å². The van der Waals surface area contributed by atoms with Gasteiger partial charge >= 0.3 is 6.36 Å². The predicted molar refractivity (Wildman–Crippen MR) is 154 cm³/mol. The molecule has 3 N–H and O–H groups in total. The second-order valence-corrected chi connectivity index (χ2v) is 13.2. The van der Waals surface area contributed by atoms with Gasteiger partial charge in [0.25, 0.3) is 0 Å². The van der Waals surface area contributed by atoms with Crippen molar-refractivity contribution in [2.75, 3.05) is 0 Å². The number of nitrogens with one attached hydrogen (secondary N) is 3. The molecular weight excluding hydrogens is 567 g/mol. The number of carbonyl (C=O) groups is 1. The summed E-state index contributed by atoms with van der Waals surface area (Å²) in [4.78, 5) is 12.9. The maximum Gasteiger partial charge on any atom is 0.573 e. The molecule has 7 nitrogen and oxygen atoms in total. The zero-order chi connectivity index (χ0) is 30.5. The third-order valence-corrected chi connectivity index (χ3v) is 8.39. The maximum atomic E-state index is 13.3. The van der Waals surface area contributed by atoms with Crippen LogP contribution in [-0.4, -0.2) is 26.2 Å². The van der Waals surface area contributed by atoms with E-state index < -0.39 is 33.1 Å². The van der Waals surface area contributed by atoms with Crippen molar-refractivity contribution in [1.82, 2.24) is 15.4 Å². The zero-order valence-electron chi connectivity index (χ0n) is 23.8. The highest BCUT2D eigenvalue weighted by Crippen LogP contribution is 2.32. The Hall–Kier alpha value is -3.41. The Bertz CT molecular complexity index is 1490. The lowest BCUT2D eigenvalue weighted by molar-refractivity contribution is -0.274. The Labute approximate surface area is 244 Å². The number of aryl methyl sites for hydroxylation is 1. The van der Waals surface area contributed by atoms with E-state index in [1.54, 1.807) is 30.3 Å². The van der Waals surface area contributed by atoms with Crippen LogP contribution in [0.3, 0.4) is 0 Å². The van der Waals surface area contributed by atoms with Gasteiger partial charge in [-0.15, -0.1) is 13.2 Å². The number of benzene rings is 3. The van der Waals surface area contributed by atoms with E-state index in [2.05, 4.69) is 53.0 Å². The van der Waals surface area contributed by atoms with Gasteiger partial charge in [-0.1, -0.05) is 54.6 Å². The number of sulfonamides is 1. The average molecular weight is 604 g/mol. The van der Waals surface area contributed by atoms with Crippen molar-refractivity contribution in [3.05, 3.63) is 95.1 Å². The molecule has 1 aliphatic carbocycles. The van der Waals surface area contributed by atoms with E-state index in [0.717, 1.165) is 55.6 Å². The number of fused-ring (bicyclic) bond motifs is 1. The minimum Gasteiger partial charge on any atom is -0.406 e. The third-order valence-electron chi connectivity index (χ3n) is 6.92. The zero-order valence-corrected chi connectivity index (χ0v) is 24.6. The van der Waals surface area contributed by atoms with Crippen LogP contribution < -0.4 is 20.1 Å². The molecule has 0 fully saturated rings. The molecule has 0 saturated carbocycles. The first-order valence-corrected chi connectivity index (χ1v) is 15.3. The molecule has 1 amide bonds. The summed E-state index contributed by atoms with van der Waals surface area (Å²) < 4.78 is 70.9. The molecule has 0 bridgehead atoms. The summed E-state index contributed by atoms with van der Waals surface area (Å²) >= 11 is 0. The van der Waals surface area contributed by atoms with Crippen molar-refractivity contribution in [1.29, 1.82) is 0 Å². The molecule has 3 aromatic carbocycles. The fraction of sp³-hybridized carbons (Fsp3) is 0.387. The summed E-state index contributed by atoms with van der Waals surface area (Å²) in [5.41, 5.74) is 3.93. The number of ether oxygens (including phenoxy) is 1. The highest BCUT2D eigenvalue weighted by atomic mass is 32.2. The van der Waals surface area contributed by atoms with Crippen molar-refractivity contribution in [2.24, 2.45) is 0 Å². The fourth-order valence-electron chi connectivity index (χ4n) is 4.94. The fourth-order valence-corrected chi connectivity index (χ4v) is 6.20. The first-order valence-electron chi connectivity index (χ1n) is 13.8. The number of halogens is 3. The van der Waals surface area contributed by atoms with E-state index in [0.29, 0.717) is 5.56 Å². The largest absolute Gasteiger partial charge is 0.573 e. The lowest BCUT2D eigenvalue weighted by Gasteiger charge is -2.28. The van der Waals surface area contributed by atoms with Crippen LogP contribution in [0.4, 0.5) is 13.2 Å². The van der Waals surface area contributed by atoms with Crippen LogP contribution >= 0.6 is 0 Å². The van der Waals surface area contributed by atoms with Crippen LogP contribution in [0.15, 0.2) is 77.7 Å². The first kappa shape index (κ1) is 31.5. The van der Waals surface area contributed by atoms with Gasteiger partial charge in [0.15, 0.2) is 0 Å². The number of carbonyl (C=O) groups excluding carboxylic acids is 1. The summed E-state index contributed by atoms with van der Waals surface area (Å²) in [6.07, 6.45) is -2.61. The van der Waals surface area contributed by atoms with Gasteiger partial charge in [-0.3, -0.25) is 4.79 Å². The first-order chi connectivity index (χ1) is 19.7. The molecule has 0 spiro atoms. The van der Waals surface area contributed by atoms with E-state index in [9.17, 15) is 26.4 Å². The van der Waals surface area contributed by atoms with Gasteiger partial charge in [-0.2, -0.15) is 0 Å². The molecule has 226 valence electrons. The van der Waals surface area contributed by atoms with Crippen LogP contribution in [0.1, 0.15) is 74.4 Å². The highest BCUT2D eigenvalue weighted by molar-refractivity contribution is 7.89. The van der Waals surface area contributed by atoms with Crippen molar-refractivity contribution in [3.8, 4) is 5.75 Å². The summed E-state index contributed by atoms with van der Waals surface area (Å²) in [6.45, 7) is 7.07. The molecule has 0 saturated heterocycles. The summed E-state index contributed by atoms with van der Waals surface area (Å²) in [6, 6.07) is 17.8. The van der Waals surface area contributed by atoms with Crippen LogP contribution in [0.2, 0.25) is 0 Å². The number of amides is 1. The SMILES string of the molecule is CC(C)(C)NCc1ccc2c(c1)CCC[C@H]2NC(=O)C[C@@H](NS(=O)(=O)c1cccc(OC(F)(F)F)c1)c1ccccc1. The maximum absolute atomic E-state index is 13.3. The lowest BCUT2D eigenvalue weighted by Crippen LogP contribution is -2.36. The topological polar surface area (TPSA) is 96.5 Å². The molecule has 4 rings (SSSR count). The lowest BCUT2D eigenvalue weighted by atomic mass is 9.86. The quantitative estimate of drug-likeness (QED) is 0.261. The van der Waals surface area contributed by atoms with E-state index >= 15 is 0 Å². The van der Waals surface area contributed by atoms with Crippen LogP contribution in [-0.2, 0) is 27.8 Å². The number of hydrogen-bond donors (Lipinski definition) is 3. The highest BCUT2D eigenvalue weighted by Gasteiger charge is 2.32. The second kappa shape index (κ2) is 12.8. The number of alkyl halides is 3. The molecule has 0 aromatic heterocycles. The summed E-state index contributed by atoms with van der Waals surface area (Å²) in [5.74, 6) is -1.01. The van der Waals surface area contributed by atoms with Crippen molar-refractivity contribution >= 4 is 15.9 Å². The van der Waals surface area contributed by atoms with Crippen LogP contribution in [0.25, 0.3) is 0 Å². The molecular formula is C31H36F3N3O4S. The van der Waals surface area contributed by atoms with Crippen LogP contribution in [0.5, 0.6) is 5.75 Å². The Morgan fingerprint density at radius 1 is 1.00 bits per heavy atom. The molecule has 11 heteroatoms. The predicted octanol–water partition coefficient (Wildman–Crippen LogP) is 6.08. The van der Waals surface area contributed by atoms with Crippen molar-refractivity contribution < 1.29 is 31.1 Å². The molecule has 0 heterocycles. The van der Waals surface area contributed by atoms with Gasteiger partial charge in [-0.05, 0) is 74.4 Å². The van der Waals surface area contributed by atoms with Gasteiger partial charge < -0.3 is 15.4 Å². The normalized spacial score (nSPS) is 16.4. The Kier molecular flexibility index (Phi) is 9.64.